The average molecular weight is 262 g/mol. The maximum Gasteiger partial charge on any atom is 0.250 e. The highest BCUT2D eigenvalue weighted by atomic mass is 28.4. The Labute approximate surface area is 111 Å². The predicted molar refractivity (Wildman–Crippen MR) is 73.8 cm³/mol. The Kier molecular flexibility index (Phi) is 4.24. The molecule has 1 aliphatic rings. The molecule has 0 aliphatic heterocycles. The van der Waals surface area contributed by atoms with Gasteiger partial charge in [0.25, 0.3) is 0 Å². The highest BCUT2D eigenvalue weighted by Crippen LogP contribution is 2.40. The third-order valence-corrected chi connectivity index (χ3v) is 8.41. The van der Waals surface area contributed by atoms with Crippen molar-refractivity contribution in [2.75, 3.05) is 0 Å². The summed E-state index contributed by atoms with van der Waals surface area (Å²) in [5.74, 6) is 0.493. The fraction of sp³-hybridized carbons (Fsp3) is 0.714. The van der Waals surface area contributed by atoms with Crippen LogP contribution in [0.4, 0.5) is 0 Å². The van der Waals surface area contributed by atoms with Crippen LogP contribution in [0.5, 0.6) is 0 Å². The lowest BCUT2D eigenvalue weighted by Gasteiger charge is -2.36. The third kappa shape index (κ3) is 3.14. The molecule has 98 valence electrons. The number of nitriles is 2. The van der Waals surface area contributed by atoms with Crippen LogP contribution in [0.3, 0.4) is 0 Å². The topological polar surface area (TPSA) is 56.8 Å². The van der Waals surface area contributed by atoms with Crippen LogP contribution in [0, 0.1) is 34.5 Å². The van der Waals surface area contributed by atoms with Crippen molar-refractivity contribution >= 4 is 8.32 Å². The summed E-state index contributed by atoms with van der Waals surface area (Å²) in [5.41, 5.74) is 0. The van der Waals surface area contributed by atoms with Crippen LogP contribution in [0.1, 0.15) is 33.6 Å². The van der Waals surface area contributed by atoms with E-state index in [1.54, 1.807) is 0 Å². The molecule has 0 radical (unpaired) electrons. The highest BCUT2D eigenvalue weighted by Gasteiger charge is 2.40. The summed E-state index contributed by atoms with van der Waals surface area (Å²) >= 11 is 0. The molecule has 0 saturated carbocycles. The fourth-order valence-corrected chi connectivity index (χ4v) is 2.90. The molecule has 3 nitrogen and oxygen atoms in total. The summed E-state index contributed by atoms with van der Waals surface area (Å²) < 4.78 is 6.21. The van der Waals surface area contributed by atoms with Gasteiger partial charge in [0, 0.05) is 12.3 Å². The van der Waals surface area contributed by atoms with Gasteiger partial charge in [0.2, 0.25) is 8.32 Å². The summed E-state index contributed by atoms with van der Waals surface area (Å²) in [5, 5.41) is 18.0. The Bertz CT molecular complexity index is 407. The number of hydrogen-bond acceptors (Lipinski definition) is 3. The molecule has 4 heteroatoms. The molecule has 0 aromatic carbocycles. The van der Waals surface area contributed by atoms with Crippen LogP contribution in [0.25, 0.3) is 0 Å². The van der Waals surface area contributed by atoms with E-state index in [9.17, 15) is 0 Å². The van der Waals surface area contributed by atoms with Crippen LogP contribution in [0.2, 0.25) is 18.1 Å². The van der Waals surface area contributed by atoms with E-state index < -0.39 is 14.2 Å². The summed E-state index contributed by atoms with van der Waals surface area (Å²) in [6.45, 7) is 11.1. The Balaban J connectivity index is 2.76. The van der Waals surface area contributed by atoms with E-state index in [2.05, 4.69) is 46.0 Å². The number of hydrogen-bond donors (Lipinski definition) is 0. The van der Waals surface area contributed by atoms with Gasteiger partial charge in [-0.15, -0.1) is 0 Å². The van der Waals surface area contributed by atoms with Gasteiger partial charge in [0.05, 0.1) is 17.9 Å². The number of nitrogens with zero attached hydrogens (tertiary/aromatic N) is 2. The van der Waals surface area contributed by atoms with E-state index in [1.165, 1.54) is 0 Å². The van der Waals surface area contributed by atoms with Gasteiger partial charge in [-0.3, -0.25) is 0 Å². The van der Waals surface area contributed by atoms with Crippen LogP contribution in [-0.2, 0) is 4.43 Å². The minimum atomic E-state index is -1.79. The molecule has 0 saturated heterocycles. The van der Waals surface area contributed by atoms with Crippen LogP contribution in [-0.4, -0.2) is 8.32 Å². The maximum absolute atomic E-state index is 8.90. The molecule has 0 N–H and O–H groups in total. The number of rotatable bonds is 3. The van der Waals surface area contributed by atoms with Gasteiger partial charge < -0.3 is 4.43 Å². The average Bonchev–Trinajstić information content (AvgIpc) is 2.66. The smallest absolute Gasteiger partial charge is 0.250 e. The van der Waals surface area contributed by atoms with E-state index in [1.807, 2.05) is 6.08 Å². The van der Waals surface area contributed by atoms with E-state index in [-0.39, 0.29) is 11.0 Å². The molecule has 0 amide bonds. The largest absolute Gasteiger partial charge is 0.547 e. The second-order valence-electron chi connectivity index (χ2n) is 6.43. The lowest BCUT2D eigenvalue weighted by atomic mass is 9.95. The van der Waals surface area contributed by atoms with E-state index in [0.717, 1.165) is 18.6 Å². The molecule has 0 spiro atoms. The Morgan fingerprint density at radius 3 is 2.33 bits per heavy atom. The lowest BCUT2D eigenvalue weighted by Crippen LogP contribution is -2.40. The zero-order valence-corrected chi connectivity index (χ0v) is 12.9. The van der Waals surface area contributed by atoms with Crippen molar-refractivity contribution in [3.63, 3.8) is 0 Å². The molecule has 1 atom stereocenters. The minimum absolute atomic E-state index is 0.0415. The van der Waals surface area contributed by atoms with Crippen molar-refractivity contribution < 1.29 is 4.43 Å². The molecule has 0 aromatic heterocycles. The summed E-state index contributed by atoms with van der Waals surface area (Å²) in [6.07, 6.45) is 3.71. The highest BCUT2D eigenvalue weighted by molar-refractivity contribution is 6.74. The normalized spacial score (nSPS) is 20.2. The molecule has 0 heterocycles. The molecule has 0 fully saturated rings. The maximum atomic E-state index is 8.90. The fourth-order valence-electron chi connectivity index (χ4n) is 1.76. The summed E-state index contributed by atoms with van der Waals surface area (Å²) in [4.78, 5) is 0. The van der Waals surface area contributed by atoms with Gasteiger partial charge in [-0.1, -0.05) is 20.8 Å². The van der Waals surface area contributed by atoms with Crippen molar-refractivity contribution in [2.45, 2.75) is 51.7 Å². The van der Waals surface area contributed by atoms with E-state index in [0.29, 0.717) is 0 Å². The lowest BCUT2D eigenvalue weighted by molar-refractivity contribution is 0.373. The SMILES string of the molecule is CC(C)(C)[Si](C)(C)OC1=CC(C(C#N)C#N)CC1. The first-order valence-corrected chi connectivity index (χ1v) is 9.31. The molecule has 0 bridgehead atoms. The van der Waals surface area contributed by atoms with Crippen molar-refractivity contribution in [2.24, 2.45) is 11.8 Å². The Hall–Kier alpha value is -1.26. The van der Waals surface area contributed by atoms with Gasteiger partial charge in [0.1, 0.15) is 5.92 Å². The molecular weight excluding hydrogens is 240 g/mol. The first-order valence-electron chi connectivity index (χ1n) is 6.40. The van der Waals surface area contributed by atoms with Gasteiger partial charge in [0.15, 0.2) is 0 Å². The van der Waals surface area contributed by atoms with Gasteiger partial charge in [-0.2, -0.15) is 10.5 Å². The Morgan fingerprint density at radius 2 is 1.89 bits per heavy atom. The van der Waals surface area contributed by atoms with Crippen molar-refractivity contribution in [1.82, 2.24) is 0 Å². The Morgan fingerprint density at radius 1 is 1.33 bits per heavy atom. The molecule has 1 rings (SSSR count). The summed E-state index contributed by atoms with van der Waals surface area (Å²) in [7, 11) is -1.79. The predicted octanol–water partition coefficient (Wildman–Crippen LogP) is 3.97. The van der Waals surface area contributed by atoms with Crippen molar-refractivity contribution in [1.29, 1.82) is 10.5 Å². The van der Waals surface area contributed by atoms with Gasteiger partial charge >= 0.3 is 0 Å². The monoisotopic (exact) mass is 262 g/mol. The molecule has 1 unspecified atom stereocenters. The minimum Gasteiger partial charge on any atom is -0.547 e. The van der Waals surface area contributed by atoms with Crippen LogP contribution in [0.15, 0.2) is 11.8 Å². The third-order valence-electron chi connectivity index (χ3n) is 4.02. The summed E-state index contributed by atoms with van der Waals surface area (Å²) in [6, 6.07) is 4.11. The van der Waals surface area contributed by atoms with E-state index >= 15 is 0 Å². The quantitative estimate of drug-likeness (QED) is 0.723. The second-order valence-corrected chi connectivity index (χ2v) is 11.2. The van der Waals surface area contributed by atoms with Gasteiger partial charge in [-0.05, 0) is 30.6 Å². The van der Waals surface area contributed by atoms with E-state index in [4.69, 9.17) is 14.9 Å². The molecule has 18 heavy (non-hydrogen) atoms. The standard InChI is InChI=1S/C14H22N2OSi/c1-14(2,3)18(4,5)17-13-7-6-11(8-13)12(9-15)10-16/h8,11-12H,6-7H2,1-5H3. The van der Waals surface area contributed by atoms with Crippen molar-refractivity contribution in [3.8, 4) is 12.1 Å². The number of allylic oxidation sites excluding steroid dienone is 2. The first-order chi connectivity index (χ1) is 8.21. The van der Waals surface area contributed by atoms with Gasteiger partial charge in [-0.25, -0.2) is 0 Å². The molecule has 1 aliphatic carbocycles. The molecular formula is C14H22N2OSi. The van der Waals surface area contributed by atoms with Crippen LogP contribution >= 0.6 is 0 Å². The zero-order valence-electron chi connectivity index (χ0n) is 11.9. The molecule has 0 aromatic rings. The zero-order chi connectivity index (χ0) is 14.0. The first kappa shape index (κ1) is 14.8. The van der Waals surface area contributed by atoms with Crippen molar-refractivity contribution in [3.05, 3.63) is 11.8 Å². The van der Waals surface area contributed by atoms with Crippen LogP contribution < -0.4 is 0 Å². The second kappa shape index (κ2) is 5.16.